The minimum absolute atomic E-state index is 0.172. The molecule has 0 aliphatic heterocycles. The highest BCUT2D eigenvalue weighted by atomic mass is 35.5. The van der Waals surface area contributed by atoms with E-state index in [1.54, 1.807) is 19.1 Å². The Kier molecular flexibility index (Phi) is 6.42. The fourth-order valence-electron chi connectivity index (χ4n) is 3.44. The summed E-state index contributed by atoms with van der Waals surface area (Å²) in [7, 11) is 0. The van der Waals surface area contributed by atoms with E-state index >= 15 is 0 Å². The Morgan fingerprint density at radius 2 is 1.60 bits per heavy atom. The lowest BCUT2D eigenvalue weighted by atomic mass is 9.92. The summed E-state index contributed by atoms with van der Waals surface area (Å²) in [5, 5.41) is 7.80. The zero-order valence-electron chi connectivity index (χ0n) is 17.9. The highest BCUT2D eigenvalue weighted by molar-refractivity contribution is 6.32. The number of anilines is 1. The van der Waals surface area contributed by atoms with Crippen molar-refractivity contribution in [1.29, 1.82) is 0 Å². The van der Waals surface area contributed by atoms with E-state index in [1.807, 2.05) is 30.3 Å². The van der Waals surface area contributed by atoms with Gasteiger partial charge in [0.2, 0.25) is 5.43 Å². The SMILES string of the molecule is Cc1cc(=O)c(C(=O)Nc2c(C(C)C)cccc2C(C)C)nn1-c1ccccc1Cl. The van der Waals surface area contributed by atoms with Gasteiger partial charge < -0.3 is 5.32 Å². The van der Waals surface area contributed by atoms with Gasteiger partial charge in [0.15, 0.2) is 5.69 Å². The number of hydrogen-bond donors (Lipinski definition) is 1. The third-order valence-corrected chi connectivity index (χ3v) is 5.33. The van der Waals surface area contributed by atoms with Crippen LogP contribution in [0.25, 0.3) is 5.69 Å². The number of para-hydroxylation sites is 2. The minimum Gasteiger partial charge on any atom is -0.320 e. The van der Waals surface area contributed by atoms with E-state index in [4.69, 9.17) is 11.6 Å². The molecule has 1 N–H and O–H groups in total. The molecule has 0 radical (unpaired) electrons. The molecule has 2 aromatic carbocycles. The molecule has 0 saturated heterocycles. The first-order chi connectivity index (χ1) is 14.2. The highest BCUT2D eigenvalue weighted by Crippen LogP contribution is 2.32. The maximum absolute atomic E-state index is 13.1. The molecule has 0 bridgehead atoms. The topological polar surface area (TPSA) is 64.0 Å². The van der Waals surface area contributed by atoms with Crippen LogP contribution in [0.3, 0.4) is 0 Å². The van der Waals surface area contributed by atoms with Crippen LogP contribution in [0.4, 0.5) is 5.69 Å². The Morgan fingerprint density at radius 1 is 1.00 bits per heavy atom. The van der Waals surface area contributed by atoms with Crippen molar-refractivity contribution in [3.63, 3.8) is 0 Å². The number of carbonyl (C=O) groups is 1. The molecule has 0 atom stereocenters. The molecule has 0 aliphatic rings. The largest absolute Gasteiger partial charge is 0.320 e. The van der Waals surface area contributed by atoms with Crippen molar-refractivity contribution in [3.8, 4) is 5.69 Å². The van der Waals surface area contributed by atoms with Crippen LogP contribution in [0, 0.1) is 6.92 Å². The van der Waals surface area contributed by atoms with Crippen molar-refractivity contribution in [2.45, 2.75) is 46.5 Å². The number of nitrogens with zero attached hydrogens (tertiary/aromatic N) is 2. The van der Waals surface area contributed by atoms with Crippen molar-refractivity contribution in [1.82, 2.24) is 9.78 Å². The van der Waals surface area contributed by atoms with Crippen molar-refractivity contribution in [2.24, 2.45) is 0 Å². The molecule has 6 heteroatoms. The van der Waals surface area contributed by atoms with Crippen LogP contribution in [0.5, 0.6) is 0 Å². The van der Waals surface area contributed by atoms with Gasteiger partial charge >= 0.3 is 0 Å². The molecule has 0 spiro atoms. The molecule has 3 rings (SSSR count). The average Bonchev–Trinajstić information content (AvgIpc) is 2.68. The number of rotatable bonds is 5. The standard InChI is InChI=1S/C24H26ClN3O2/c1-14(2)17-9-8-10-18(15(3)4)22(17)26-24(30)23-21(29)13-16(5)28(27-23)20-12-7-6-11-19(20)25/h6-15H,1-5H3,(H,26,30). The first-order valence-corrected chi connectivity index (χ1v) is 10.4. The summed E-state index contributed by atoms with van der Waals surface area (Å²) in [5.74, 6) is -0.106. The van der Waals surface area contributed by atoms with Crippen LogP contribution in [-0.4, -0.2) is 15.7 Å². The molecule has 0 aliphatic carbocycles. The van der Waals surface area contributed by atoms with Crippen LogP contribution in [0.2, 0.25) is 5.02 Å². The van der Waals surface area contributed by atoms with E-state index in [0.717, 1.165) is 16.8 Å². The molecule has 30 heavy (non-hydrogen) atoms. The minimum atomic E-state index is -0.532. The van der Waals surface area contributed by atoms with E-state index in [0.29, 0.717) is 16.4 Å². The number of carbonyl (C=O) groups excluding carboxylic acids is 1. The van der Waals surface area contributed by atoms with Gasteiger partial charge in [-0.2, -0.15) is 5.10 Å². The zero-order chi connectivity index (χ0) is 22.0. The van der Waals surface area contributed by atoms with Gasteiger partial charge in [0.1, 0.15) is 0 Å². The second-order valence-electron chi connectivity index (χ2n) is 7.94. The maximum Gasteiger partial charge on any atom is 0.280 e. The first kappa shape index (κ1) is 21.8. The number of benzene rings is 2. The van der Waals surface area contributed by atoms with Crippen LogP contribution in [0.15, 0.2) is 53.3 Å². The quantitative estimate of drug-likeness (QED) is 0.573. The van der Waals surface area contributed by atoms with Crippen molar-refractivity contribution >= 4 is 23.2 Å². The fraction of sp³-hybridized carbons (Fsp3) is 0.292. The van der Waals surface area contributed by atoms with Gasteiger partial charge in [0, 0.05) is 17.4 Å². The molecule has 1 aromatic heterocycles. The third-order valence-electron chi connectivity index (χ3n) is 5.01. The van der Waals surface area contributed by atoms with Crippen molar-refractivity contribution in [2.75, 3.05) is 5.32 Å². The average molecular weight is 424 g/mol. The number of hydrogen-bond acceptors (Lipinski definition) is 3. The predicted molar refractivity (Wildman–Crippen MR) is 122 cm³/mol. The Hall–Kier alpha value is -2.92. The summed E-state index contributed by atoms with van der Waals surface area (Å²) < 4.78 is 1.52. The van der Waals surface area contributed by atoms with Gasteiger partial charge in [-0.15, -0.1) is 0 Å². The molecule has 1 heterocycles. The van der Waals surface area contributed by atoms with Crippen LogP contribution in [-0.2, 0) is 0 Å². The maximum atomic E-state index is 13.1. The Morgan fingerprint density at radius 3 is 2.17 bits per heavy atom. The van der Waals surface area contributed by atoms with Crippen LogP contribution in [0.1, 0.15) is 66.8 Å². The van der Waals surface area contributed by atoms with Crippen molar-refractivity contribution in [3.05, 3.63) is 86.3 Å². The Balaban J connectivity index is 2.09. The van der Waals surface area contributed by atoms with Crippen molar-refractivity contribution < 1.29 is 4.79 Å². The number of aromatic nitrogens is 2. The molecule has 5 nitrogen and oxygen atoms in total. The summed E-state index contributed by atoms with van der Waals surface area (Å²) in [4.78, 5) is 25.8. The summed E-state index contributed by atoms with van der Waals surface area (Å²) in [6.45, 7) is 10.0. The summed E-state index contributed by atoms with van der Waals surface area (Å²) in [6.07, 6.45) is 0. The number of nitrogens with one attached hydrogen (secondary N) is 1. The number of amides is 1. The molecule has 3 aromatic rings. The zero-order valence-corrected chi connectivity index (χ0v) is 18.6. The molecular formula is C24H26ClN3O2. The lowest BCUT2D eigenvalue weighted by molar-refractivity contribution is 0.101. The fourth-order valence-corrected chi connectivity index (χ4v) is 3.66. The Labute approximate surface area is 181 Å². The number of aryl methyl sites for hydroxylation is 1. The number of halogens is 1. The van der Waals surface area contributed by atoms with Gasteiger partial charge in [-0.1, -0.05) is 69.6 Å². The van der Waals surface area contributed by atoms with Crippen LogP contribution >= 0.6 is 11.6 Å². The second-order valence-corrected chi connectivity index (χ2v) is 8.34. The van der Waals surface area contributed by atoms with Gasteiger partial charge in [-0.25, -0.2) is 4.68 Å². The molecule has 0 unspecified atom stereocenters. The van der Waals surface area contributed by atoms with Gasteiger partial charge in [-0.05, 0) is 42.0 Å². The highest BCUT2D eigenvalue weighted by Gasteiger charge is 2.20. The van der Waals surface area contributed by atoms with E-state index in [2.05, 4.69) is 38.1 Å². The molecular weight excluding hydrogens is 398 g/mol. The Bertz CT molecular complexity index is 1120. The predicted octanol–water partition coefficient (Wildman–Crippen LogP) is 5.69. The second kappa shape index (κ2) is 8.84. The smallest absolute Gasteiger partial charge is 0.280 e. The van der Waals surface area contributed by atoms with E-state index < -0.39 is 11.3 Å². The molecule has 0 saturated carbocycles. The third kappa shape index (κ3) is 4.31. The van der Waals surface area contributed by atoms with Gasteiger partial charge in [0.05, 0.1) is 10.7 Å². The van der Waals surface area contributed by atoms with E-state index in [9.17, 15) is 9.59 Å². The van der Waals surface area contributed by atoms with E-state index in [-0.39, 0.29) is 17.5 Å². The molecule has 0 fully saturated rings. The van der Waals surface area contributed by atoms with Gasteiger partial charge in [-0.3, -0.25) is 9.59 Å². The summed E-state index contributed by atoms with van der Waals surface area (Å²) >= 11 is 6.30. The molecule has 156 valence electrons. The first-order valence-electron chi connectivity index (χ1n) is 10.0. The lowest BCUT2D eigenvalue weighted by Crippen LogP contribution is -2.27. The molecule has 1 amide bonds. The summed E-state index contributed by atoms with van der Waals surface area (Å²) in [5.41, 5.74) is 3.39. The van der Waals surface area contributed by atoms with Crippen LogP contribution < -0.4 is 10.7 Å². The van der Waals surface area contributed by atoms with E-state index in [1.165, 1.54) is 10.7 Å². The lowest BCUT2D eigenvalue weighted by Gasteiger charge is -2.20. The van der Waals surface area contributed by atoms with Gasteiger partial charge in [0.25, 0.3) is 5.91 Å². The summed E-state index contributed by atoms with van der Waals surface area (Å²) in [6, 6.07) is 14.6. The monoisotopic (exact) mass is 423 g/mol. The normalized spacial score (nSPS) is 11.2.